The Morgan fingerprint density at radius 1 is 1.75 bits per heavy atom. The number of carbonyl (C=O) groups excluding carboxylic acids is 1. The molecule has 1 N–H and O–H groups in total. The Hall–Kier alpha value is -0.850. The molecule has 90 valence electrons. The standard InChI is InChI=1S/C9H13ClN2O3S/c1-5(13)4-12(2)9-11-7(10)6(16-9)8(14)15-3/h5,13H,4H2,1-3H3. The second-order valence-corrected chi connectivity index (χ2v) is 4.67. The SMILES string of the molecule is COC(=O)c1sc(N(C)CC(C)O)nc1Cl. The van der Waals surface area contributed by atoms with Gasteiger partial charge in [-0.3, -0.25) is 0 Å². The van der Waals surface area contributed by atoms with E-state index in [1.165, 1.54) is 7.11 Å². The van der Waals surface area contributed by atoms with Gasteiger partial charge in [0.2, 0.25) is 0 Å². The van der Waals surface area contributed by atoms with Crippen LogP contribution >= 0.6 is 22.9 Å². The number of hydrogen-bond acceptors (Lipinski definition) is 6. The van der Waals surface area contributed by atoms with Crippen molar-refractivity contribution in [3.63, 3.8) is 0 Å². The van der Waals surface area contributed by atoms with Crippen LogP contribution in [-0.4, -0.2) is 42.9 Å². The summed E-state index contributed by atoms with van der Waals surface area (Å²) in [5.41, 5.74) is 0. The number of thiazole rings is 1. The molecule has 1 atom stereocenters. The van der Waals surface area contributed by atoms with E-state index in [1.54, 1.807) is 18.9 Å². The van der Waals surface area contributed by atoms with E-state index in [0.717, 1.165) is 11.3 Å². The van der Waals surface area contributed by atoms with Gasteiger partial charge in [0, 0.05) is 13.6 Å². The van der Waals surface area contributed by atoms with Crippen LogP contribution in [0.4, 0.5) is 5.13 Å². The van der Waals surface area contributed by atoms with E-state index in [-0.39, 0.29) is 10.0 Å². The highest BCUT2D eigenvalue weighted by Gasteiger charge is 2.19. The third-order valence-corrected chi connectivity index (χ3v) is 3.35. The van der Waals surface area contributed by atoms with Crippen molar-refractivity contribution >= 4 is 34.0 Å². The van der Waals surface area contributed by atoms with Crippen LogP contribution in [0.5, 0.6) is 0 Å². The molecule has 0 aliphatic rings. The summed E-state index contributed by atoms with van der Waals surface area (Å²) in [6.45, 7) is 2.09. The molecule has 0 bridgehead atoms. The van der Waals surface area contributed by atoms with Crippen molar-refractivity contribution in [2.75, 3.05) is 25.6 Å². The first-order valence-corrected chi connectivity index (χ1v) is 5.79. The van der Waals surface area contributed by atoms with Crippen molar-refractivity contribution in [1.82, 2.24) is 4.98 Å². The average Bonchev–Trinajstić information content (AvgIpc) is 2.58. The van der Waals surface area contributed by atoms with Gasteiger partial charge in [0.25, 0.3) is 0 Å². The largest absolute Gasteiger partial charge is 0.465 e. The molecule has 1 aromatic rings. The number of hydrogen-bond donors (Lipinski definition) is 1. The molecule has 5 nitrogen and oxygen atoms in total. The van der Waals surface area contributed by atoms with Crippen molar-refractivity contribution in [1.29, 1.82) is 0 Å². The Labute approximate surface area is 103 Å². The molecular formula is C9H13ClN2O3S. The van der Waals surface area contributed by atoms with Crippen LogP contribution in [0.3, 0.4) is 0 Å². The average molecular weight is 265 g/mol. The highest BCUT2D eigenvalue weighted by atomic mass is 35.5. The van der Waals surface area contributed by atoms with Gasteiger partial charge in [0.15, 0.2) is 15.2 Å². The van der Waals surface area contributed by atoms with Crippen LogP contribution in [0.2, 0.25) is 5.15 Å². The van der Waals surface area contributed by atoms with E-state index >= 15 is 0 Å². The number of likely N-dealkylation sites (N-methyl/N-ethyl adjacent to an activating group) is 1. The molecule has 0 spiro atoms. The Balaban J connectivity index is 2.87. The third-order valence-electron chi connectivity index (χ3n) is 1.81. The summed E-state index contributed by atoms with van der Waals surface area (Å²) in [6, 6.07) is 0. The van der Waals surface area contributed by atoms with Gasteiger partial charge in [-0.2, -0.15) is 0 Å². The summed E-state index contributed by atoms with van der Waals surface area (Å²) in [6.07, 6.45) is -0.478. The minimum atomic E-state index is -0.501. The number of ether oxygens (including phenoxy) is 1. The number of carbonyl (C=O) groups is 1. The predicted octanol–water partition coefficient (Wildman–Crippen LogP) is 1.40. The zero-order valence-corrected chi connectivity index (χ0v) is 10.8. The molecule has 0 aliphatic heterocycles. The normalized spacial score (nSPS) is 12.3. The number of halogens is 1. The number of rotatable bonds is 4. The quantitative estimate of drug-likeness (QED) is 0.833. The van der Waals surface area contributed by atoms with E-state index in [2.05, 4.69) is 9.72 Å². The maximum atomic E-state index is 11.3. The molecule has 0 amide bonds. The van der Waals surface area contributed by atoms with Gasteiger partial charge in [0.05, 0.1) is 13.2 Å². The number of anilines is 1. The lowest BCUT2D eigenvalue weighted by Gasteiger charge is -2.16. The first kappa shape index (κ1) is 13.2. The zero-order chi connectivity index (χ0) is 12.3. The van der Waals surface area contributed by atoms with Gasteiger partial charge < -0.3 is 14.7 Å². The van der Waals surface area contributed by atoms with E-state index < -0.39 is 12.1 Å². The number of esters is 1. The van der Waals surface area contributed by atoms with Crippen LogP contribution in [0.15, 0.2) is 0 Å². The maximum Gasteiger partial charge on any atom is 0.351 e. The molecule has 16 heavy (non-hydrogen) atoms. The van der Waals surface area contributed by atoms with Crippen molar-refractivity contribution in [2.45, 2.75) is 13.0 Å². The molecule has 0 saturated carbocycles. The lowest BCUT2D eigenvalue weighted by molar-refractivity contribution is 0.0606. The van der Waals surface area contributed by atoms with Crippen molar-refractivity contribution in [3.8, 4) is 0 Å². The van der Waals surface area contributed by atoms with Crippen LogP contribution in [-0.2, 0) is 4.74 Å². The molecule has 0 radical (unpaired) electrons. The smallest absolute Gasteiger partial charge is 0.351 e. The maximum absolute atomic E-state index is 11.3. The van der Waals surface area contributed by atoms with E-state index in [4.69, 9.17) is 11.6 Å². The van der Waals surface area contributed by atoms with Crippen LogP contribution in [0.25, 0.3) is 0 Å². The highest BCUT2D eigenvalue weighted by molar-refractivity contribution is 7.18. The Bertz CT molecular complexity index is 381. The highest BCUT2D eigenvalue weighted by Crippen LogP contribution is 2.29. The Kier molecular flexibility index (Phi) is 4.52. The summed E-state index contributed by atoms with van der Waals surface area (Å²) in [4.78, 5) is 17.3. The van der Waals surface area contributed by atoms with Crippen molar-refractivity contribution in [2.24, 2.45) is 0 Å². The minimum absolute atomic E-state index is 0.129. The summed E-state index contributed by atoms with van der Waals surface area (Å²) in [5.74, 6) is -0.501. The Morgan fingerprint density at radius 3 is 2.88 bits per heavy atom. The monoisotopic (exact) mass is 264 g/mol. The minimum Gasteiger partial charge on any atom is -0.465 e. The fourth-order valence-electron chi connectivity index (χ4n) is 1.15. The van der Waals surface area contributed by atoms with Gasteiger partial charge in [0.1, 0.15) is 0 Å². The fraction of sp³-hybridized carbons (Fsp3) is 0.556. The zero-order valence-electron chi connectivity index (χ0n) is 9.23. The van der Waals surface area contributed by atoms with Crippen LogP contribution < -0.4 is 4.90 Å². The molecule has 1 heterocycles. The molecule has 0 saturated heterocycles. The third kappa shape index (κ3) is 3.07. The topological polar surface area (TPSA) is 62.7 Å². The predicted molar refractivity (Wildman–Crippen MR) is 63.4 cm³/mol. The molecule has 1 unspecified atom stereocenters. The molecule has 0 fully saturated rings. The number of nitrogens with zero attached hydrogens (tertiary/aromatic N) is 2. The molecule has 7 heteroatoms. The first-order valence-electron chi connectivity index (χ1n) is 4.59. The molecule has 0 aliphatic carbocycles. The second kappa shape index (κ2) is 5.47. The molecule has 1 rings (SSSR count). The van der Waals surface area contributed by atoms with Gasteiger partial charge >= 0.3 is 5.97 Å². The summed E-state index contributed by atoms with van der Waals surface area (Å²) in [7, 11) is 3.06. The number of aliphatic hydroxyl groups excluding tert-OH is 1. The van der Waals surface area contributed by atoms with Gasteiger partial charge in [-0.15, -0.1) is 0 Å². The van der Waals surface area contributed by atoms with Crippen molar-refractivity contribution in [3.05, 3.63) is 10.0 Å². The van der Waals surface area contributed by atoms with E-state index in [1.807, 2.05) is 0 Å². The van der Waals surface area contributed by atoms with Crippen molar-refractivity contribution < 1.29 is 14.6 Å². The summed E-state index contributed by atoms with van der Waals surface area (Å²) in [5, 5.41) is 9.93. The van der Waals surface area contributed by atoms with Gasteiger partial charge in [-0.05, 0) is 6.92 Å². The summed E-state index contributed by atoms with van der Waals surface area (Å²) < 4.78 is 4.57. The number of aliphatic hydroxyl groups is 1. The van der Waals surface area contributed by atoms with Gasteiger partial charge in [-0.25, -0.2) is 9.78 Å². The fourth-order valence-corrected chi connectivity index (χ4v) is 2.32. The van der Waals surface area contributed by atoms with Crippen LogP contribution in [0, 0.1) is 0 Å². The summed E-state index contributed by atoms with van der Waals surface area (Å²) >= 11 is 6.95. The first-order chi connectivity index (χ1) is 7.45. The molecule has 1 aromatic heterocycles. The lowest BCUT2D eigenvalue weighted by Crippen LogP contribution is -2.26. The molecule has 0 aromatic carbocycles. The Morgan fingerprint density at radius 2 is 2.38 bits per heavy atom. The number of methoxy groups -OCH3 is 1. The lowest BCUT2D eigenvalue weighted by atomic mass is 10.4. The second-order valence-electron chi connectivity index (χ2n) is 3.34. The number of aromatic nitrogens is 1. The molecular weight excluding hydrogens is 252 g/mol. The van der Waals surface area contributed by atoms with E-state index in [0.29, 0.717) is 11.7 Å². The van der Waals surface area contributed by atoms with Gasteiger partial charge in [-0.1, -0.05) is 22.9 Å². The van der Waals surface area contributed by atoms with Crippen LogP contribution in [0.1, 0.15) is 16.6 Å². The van der Waals surface area contributed by atoms with E-state index in [9.17, 15) is 9.90 Å².